The number of fused-ring (bicyclic) bond motifs is 20. The van der Waals surface area contributed by atoms with Crippen LogP contribution in [0.15, 0.2) is 48.5 Å². The van der Waals surface area contributed by atoms with E-state index in [1.807, 2.05) is 48.5 Å². The van der Waals surface area contributed by atoms with Gasteiger partial charge in [-0.05, 0) is 99.9 Å². The predicted octanol–water partition coefficient (Wildman–Crippen LogP) is 13.2. The van der Waals surface area contributed by atoms with E-state index in [4.69, 9.17) is 67.8 Å². The van der Waals surface area contributed by atoms with Gasteiger partial charge >= 0.3 is 0 Å². The van der Waals surface area contributed by atoms with Gasteiger partial charge in [-0.3, -0.25) is 0 Å². The average Bonchev–Trinajstić information content (AvgIpc) is 4.11. The fourth-order valence-electron chi connectivity index (χ4n) is 8.41. The predicted molar refractivity (Wildman–Crippen MR) is 282 cm³/mol. The third kappa shape index (κ3) is 10.2. The first-order chi connectivity index (χ1) is 35.3. The second-order valence-electron chi connectivity index (χ2n) is 17.8. The second-order valence-corrected chi connectivity index (χ2v) is 17.8. The Labute approximate surface area is 420 Å². The average molecular weight is 979 g/mol. The van der Waals surface area contributed by atoms with Crippen LogP contribution in [0.5, 0.6) is 46.0 Å². The maximum absolute atomic E-state index is 6.36. The fourth-order valence-corrected chi connectivity index (χ4v) is 8.41. The summed E-state index contributed by atoms with van der Waals surface area (Å²) in [6, 6.07) is 15.7. The van der Waals surface area contributed by atoms with Crippen molar-refractivity contribution in [2.75, 3.05) is 52.9 Å². The van der Waals surface area contributed by atoms with Gasteiger partial charge in [0.05, 0.1) is 52.9 Å². The summed E-state index contributed by atoms with van der Waals surface area (Å²) in [5.41, 5.74) is 4.88. The third-order valence-corrected chi connectivity index (χ3v) is 11.8. The van der Waals surface area contributed by atoms with Crippen molar-refractivity contribution >= 4 is 44.1 Å². The summed E-state index contributed by atoms with van der Waals surface area (Å²) in [5.74, 6) is 6.44. The van der Waals surface area contributed by atoms with Gasteiger partial charge in [0.2, 0.25) is 0 Å². The molecule has 378 valence electrons. The fraction of sp³-hybridized carbons (Fsp3) is 0.429. The van der Waals surface area contributed by atoms with Gasteiger partial charge in [0, 0.05) is 43.8 Å². The molecule has 7 aromatic rings. The quantitative estimate of drug-likeness (QED) is 0.0583. The molecule has 0 aliphatic carbocycles. The lowest BCUT2D eigenvalue weighted by Gasteiger charge is -2.14. The van der Waals surface area contributed by atoms with Gasteiger partial charge in [-0.1, -0.05) is 55.4 Å². The Morgan fingerprint density at radius 3 is 0.625 bits per heavy atom. The molecule has 72 heavy (non-hydrogen) atoms. The van der Waals surface area contributed by atoms with Crippen molar-refractivity contribution in [1.82, 2.24) is 39.9 Å². The Balaban J connectivity index is 1.44. The molecule has 0 radical (unpaired) electrons. The SMILES string of the molecule is CCCOc1cc2c(cc1OCCC)-c1nc-2nc2[nH]c(nc3nc(nc4[nH]c(n1)c1cc(OCCC)c(OCCC)cc41)-c1cc(OCCC)c(OCCC)cc1-3)c1cc(OCCC)c(OCCC)cc21. The Bertz CT molecular complexity index is 2820. The number of ether oxygens (including phenoxy) is 8. The lowest BCUT2D eigenvalue weighted by atomic mass is 10.1. The Hall–Kier alpha value is -7.36. The van der Waals surface area contributed by atoms with Crippen molar-refractivity contribution in [3.8, 4) is 91.5 Å². The smallest absolute Gasteiger partial charge is 0.164 e. The number of hydrogen-bond donors (Lipinski definition) is 2. The molecular weight excluding hydrogens is 913 g/mol. The summed E-state index contributed by atoms with van der Waals surface area (Å²) in [5, 5.41) is 2.99. The second kappa shape index (κ2) is 22.8. The molecule has 0 fully saturated rings. The zero-order valence-electron chi connectivity index (χ0n) is 42.9. The van der Waals surface area contributed by atoms with Crippen LogP contribution in [0.25, 0.3) is 89.7 Å². The van der Waals surface area contributed by atoms with Crippen molar-refractivity contribution in [3.05, 3.63) is 48.5 Å². The summed E-state index contributed by atoms with van der Waals surface area (Å²) in [6.07, 6.45) is 6.51. The molecule has 16 nitrogen and oxygen atoms in total. The third-order valence-electron chi connectivity index (χ3n) is 11.8. The highest BCUT2D eigenvalue weighted by Crippen LogP contribution is 2.46. The minimum Gasteiger partial charge on any atom is -0.490 e. The van der Waals surface area contributed by atoms with E-state index >= 15 is 0 Å². The van der Waals surface area contributed by atoms with E-state index in [1.54, 1.807) is 0 Å². The van der Waals surface area contributed by atoms with E-state index in [0.717, 1.165) is 95.2 Å². The monoisotopic (exact) mass is 979 g/mol. The van der Waals surface area contributed by atoms with Gasteiger partial charge in [-0.2, -0.15) is 0 Å². The van der Waals surface area contributed by atoms with Crippen LogP contribution in [0.4, 0.5) is 0 Å². The van der Waals surface area contributed by atoms with Crippen LogP contribution < -0.4 is 37.9 Å². The van der Waals surface area contributed by atoms with Crippen LogP contribution in [0, 0.1) is 0 Å². The van der Waals surface area contributed by atoms with Gasteiger partial charge in [0.15, 0.2) is 69.3 Å². The molecule has 0 spiro atoms. The van der Waals surface area contributed by atoms with Crippen molar-refractivity contribution in [3.63, 3.8) is 0 Å². The Kier molecular flexibility index (Phi) is 15.7. The molecule has 16 heteroatoms. The number of hydrogen-bond acceptors (Lipinski definition) is 14. The lowest BCUT2D eigenvalue weighted by Crippen LogP contribution is -2.02. The van der Waals surface area contributed by atoms with E-state index in [2.05, 4.69) is 65.4 Å². The Morgan fingerprint density at radius 2 is 0.444 bits per heavy atom. The summed E-state index contributed by atoms with van der Waals surface area (Å²) in [4.78, 5) is 39.0. The maximum atomic E-state index is 6.36. The van der Waals surface area contributed by atoms with E-state index in [0.29, 0.717) is 145 Å². The standard InChI is InChI=1S/C56H66N8O8/c1-9-17-65-41-25-33-34(26-42(41)66-18-10-2)50-57-49(33)61-51-35-27-43(67-19-11-3)44(68-20-12-4)28-36(35)53(58-51)63-55-39-31-47(71-23-15-7)48(72-24-16-8)32-40(39)56(60-55)64-54-38-30-46(70-22-14-6)45(69-21-13-5)29-37(38)52(59-54)62-50/h25-32H,9-24H2,1-8H3,(H2,57,58,59,60,61,62,63,64). The number of aromatic nitrogens is 8. The van der Waals surface area contributed by atoms with Crippen molar-refractivity contribution in [1.29, 1.82) is 0 Å². The normalized spacial score (nSPS) is 11.7. The van der Waals surface area contributed by atoms with Gasteiger partial charge in [0.25, 0.3) is 0 Å². The van der Waals surface area contributed by atoms with E-state index in [9.17, 15) is 0 Å². The van der Waals surface area contributed by atoms with Crippen LogP contribution in [0.1, 0.15) is 107 Å². The number of nitrogens with one attached hydrogen (secondary N) is 2. The molecule has 0 amide bonds. The van der Waals surface area contributed by atoms with Gasteiger partial charge in [-0.25, -0.2) is 29.9 Å². The molecule has 4 aromatic carbocycles. The highest BCUT2D eigenvalue weighted by atomic mass is 16.5. The zero-order valence-corrected chi connectivity index (χ0v) is 42.9. The van der Waals surface area contributed by atoms with Crippen LogP contribution >= 0.6 is 0 Å². The molecule has 0 saturated heterocycles. The number of rotatable bonds is 24. The molecule has 0 saturated carbocycles. The highest BCUT2D eigenvalue weighted by Gasteiger charge is 2.28. The highest BCUT2D eigenvalue weighted by molar-refractivity contribution is 6.08. The van der Waals surface area contributed by atoms with Crippen molar-refractivity contribution in [2.45, 2.75) is 107 Å². The van der Waals surface area contributed by atoms with E-state index in [-0.39, 0.29) is 0 Å². The van der Waals surface area contributed by atoms with Crippen LogP contribution in [-0.2, 0) is 0 Å². The number of benzene rings is 4. The molecule has 5 heterocycles. The number of nitrogens with zero attached hydrogens (tertiary/aromatic N) is 6. The molecular formula is C56H66N8O8. The summed E-state index contributed by atoms with van der Waals surface area (Å²) >= 11 is 0. The summed E-state index contributed by atoms with van der Waals surface area (Å²) in [6.45, 7) is 20.6. The zero-order chi connectivity index (χ0) is 50.1. The lowest BCUT2D eigenvalue weighted by molar-refractivity contribution is 0.268. The van der Waals surface area contributed by atoms with E-state index < -0.39 is 0 Å². The maximum Gasteiger partial charge on any atom is 0.164 e. The van der Waals surface area contributed by atoms with E-state index in [1.165, 1.54) is 0 Å². The topological polar surface area (TPSA) is 183 Å². The first-order valence-electron chi connectivity index (χ1n) is 25.9. The first-order valence-corrected chi connectivity index (χ1v) is 25.9. The molecule has 2 N–H and O–H groups in total. The van der Waals surface area contributed by atoms with Crippen LogP contribution in [-0.4, -0.2) is 92.7 Å². The molecule has 0 unspecified atom stereocenters. The van der Waals surface area contributed by atoms with Crippen molar-refractivity contribution in [2.24, 2.45) is 0 Å². The molecule has 2 aliphatic heterocycles. The summed E-state index contributed by atoms with van der Waals surface area (Å²) < 4.78 is 50.9. The van der Waals surface area contributed by atoms with Gasteiger partial charge in [0.1, 0.15) is 22.6 Å². The molecule has 0 atom stereocenters. The van der Waals surface area contributed by atoms with Crippen LogP contribution in [0.2, 0.25) is 0 Å². The van der Waals surface area contributed by atoms with Crippen LogP contribution in [0.3, 0.4) is 0 Å². The van der Waals surface area contributed by atoms with Crippen molar-refractivity contribution < 1.29 is 37.9 Å². The summed E-state index contributed by atoms with van der Waals surface area (Å²) in [7, 11) is 0. The Morgan fingerprint density at radius 1 is 0.264 bits per heavy atom. The van der Waals surface area contributed by atoms with Gasteiger partial charge in [-0.15, -0.1) is 0 Å². The largest absolute Gasteiger partial charge is 0.490 e. The molecule has 2 aliphatic rings. The molecule has 8 bridgehead atoms. The number of H-pyrrole nitrogens is 2. The molecule has 9 rings (SSSR count). The van der Waals surface area contributed by atoms with Gasteiger partial charge < -0.3 is 47.9 Å². The first kappa shape index (κ1) is 49.6. The minimum atomic E-state index is 0.413. The minimum absolute atomic E-state index is 0.413. The molecule has 3 aromatic heterocycles. The number of aromatic amines is 2.